The molecule has 2 amide bonds. The van der Waals surface area contributed by atoms with Gasteiger partial charge in [-0.25, -0.2) is 13.2 Å². The van der Waals surface area contributed by atoms with Crippen molar-refractivity contribution < 1.29 is 27.5 Å². The predicted molar refractivity (Wildman–Crippen MR) is 152 cm³/mol. The average Bonchev–Trinajstić information content (AvgIpc) is 2.91. The second kappa shape index (κ2) is 11.8. The molecule has 0 aromatic heterocycles. The molecule has 2 aromatic carbocycles. The molecule has 4 rings (SSSR count). The van der Waals surface area contributed by atoms with E-state index in [0.29, 0.717) is 30.5 Å². The molecule has 2 atom stereocenters. The lowest BCUT2D eigenvalue weighted by Gasteiger charge is -2.41. The van der Waals surface area contributed by atoms with E-state index in [2.05, 4.69) is 10.6 Å². The summed E-state index contributed by atoms with van der Waals surface area (Å²) in [4.78, 5) is 40.8. The van der Waals surface area contributed by atoms with Crippen molar-refractivity contribution in [3.05, 3.63) is 95.7 Å². The van der Waals surface area contributed by atoms with Crippen LogP contribution in [0.15, 0.2) is 84.6 Å². The lowest BCUT2D eigenvalue weighted by atomic mass is 9.89. The Morgan fingerprint density at radius 2 is 1.73 bits per heavy atom. The monoisotopic (exact) mass is 565 g/mol. The Morgan fingerprint density at radius 1 is 1.07 bits per heavy atom. The third kappa shape index (κ3) is 6.18. The quantitative estimate of drug-likeness (QED) is 0.525. The summed E-state index contributed by atoms with van der Waals surface area (Å²) in [6.45, 7) is 5.87. The van der Waals surface area contributed by atoms with Gasteiger partial charge in [-0.2, -0.15) is 4.31 Å². The van der Waals surface area contributed by atoms with E-state index >= 15 is 0 Å². The summed E-state index contributed by atoms with van der Waals surface area (Å²) < 4.78 is 33.6. The van der Waals surface area contributed by atoms with Crippen molar-refractivity contribution in [1.82, 2.24) is 14.9 Å². The zero-order valence-electron chi connectivity index (χ0n) is 22.9. The molecule has 1 heterocycles. The van der Waals surface area contributed by atoms with Crippen molar-refractivity contribution in [1.29, 1.82) is 0 Å². The Labute approximate surface area is 235 Å². The number of allylic oxidation sites excluding steroid dienone is 3. The van der Waals surface area contributed by atoms with Crippen LogP contribution in [-0.4, -0.2) is 60.0 Å². The fourth-order valence-corrected chi connectivity index (χ4v) is 6.95. The molecule has 9 nitrogen and oxygen atoms in total. The maximum absolute atomic E-state index is 14.7. The molecule has 2 unspecified atom stereocenters. The maximum atomic E-state index is 14.7. The Kier molecular flexibility index (Phi) is 8.60. The van der Waals surface area contributed by atoms with Crippen LogP contribution in [0.2, 0.25) is 0 Å². The van der Waals surface area contributed by atoms with E-state index in [1.54, 1.807) is 81.4 Å². The number of amides is 2. The molecule has 2 aromatic rings. The van der Waals surface area contributed by atoms with Crippen LogP contribution >= 0.6 is 0 Å². The summed E-state index contributed by atoms with van der Waals surface area (Å²) in [5.74, 6) is -1.39. The number of carbonyl (C=O) groups excluding carboxylic acids is 3. The number of piperidine rings is 1. The molecule has 10 heteroatoms. The van der Waals surface area contributed by atoms with Gasteiger partial charge in [0.15, 0.2) is 4.75 Å². The standard InChI is InChI=1S/C30H35N3O6S/c1-29(2,3)39-28(36)33(24-16-11-19-31-21-24)40(37,38)30(20-22-12-6-4-7-13-22)18-10-17-25(26(30)34)32-27(35)23-14-8-5-9-15-23/h4-10,12-15,17-18,24,31H,11,16,19-21H2,1-3H3,(H,32,35). The SMILES string of the molecule is CC(C)(C)OC(=O)N(C1CCCNC1)S(=O)(=O)C1(Cc2ccccc2)C=CC=C(NC(=O)c2ccccc2)C1=O. The van der Waals surface area contributed by atoms with E-state index in [0.717, 1.165) is 4.31 Å². The van der Waals surface area contributed by atoms with Crippen molar-refractivity contribution in [3.8, 4) is 0 Å². The lowest BCUT2D eigenvalue weighted by Crippen LogP contribution is -2.62. The number of Topliss-reactive ketones (excluding diaryl/α,β-unsaturated/α-hetero) is 1. The van der Waals surface area contributed by atoms with Gasteiger partial charge in [-0.1, -0.05) is 60.7 Å². The van der Waals surface area contributed by atoms with Crippen LogP contribution in [0.25, 0.3) is 0 Å². The summed E-state index contributed by atoms with van der Waals surface area (Å²) in [6, 6.07) is 16.3. The van der Waals surface area contributed by atoms with Crippen molar-refractivity contribution in [2.75, 3.05) is 13.1 Å². The normalized spacial score (nSPS) is 21.3. The predicted octanol–water partition coefficient (Wildman–Crippen LogP) is 3.74. The number of nitrogens with one attached hydrogen (secondary N) is 2. The average molecular weight is 566 g/mol. The second-order valence-corrected chi connectivity index (χ2v) is 13.0. The third-order valence-corrected chi connectivity index (χ3v) is 9.10. The first kappa shape index (κ1) is 29.2. The Hall–Kier alpha value is -3.76. The molecule has 0 spiro atoms. The summed E-state index contributed by atoms with van der Waals surface area (Å²) in [5, 5.41) is 5.74. The number of hydrogen-bond donors (Lipinski definition) is 2. The molecular weight excluding hydrogens is 530 g/mol. The zero-order chi connectivity index (χ0) is 29.0. The van der Waals surface area contributed by atoms with Gasteiger partial charge in [-0.3, -0.25) is 9.59 Å². The Morgan fingerprint density at radius 3 is 2.33 bits per heavy atom. The topological polar surface area (TPSA) is 122 Å². The van der Waals surface area contributed by atoms with Crippen LogP contribution in [0.3, 0.4) is 0 Å². The van der Waals surface area contributed by atoms with Crippen molar-refractivity contribution >= 4 is 27.8 Å². The van der Waals surface area contributed by atoms with Gasteiger partial charge >= 0.3 is 6.09 Å². The highest BCUT2D eigenvalue weighted by atomic mass is 32.2. The van der Waals surface area contributed by atoms with Crippen molar-refractivity contribution in [2.24, 2.45) is 0 Å². The summed E-state index contributed by atoms with van der Waals surface area (Å²) >= 11 is 0. The van der Waals surface area contributed by atoms with Gasteiger partial charge in [0.1, 0.15) is 5.60 Å². The molecule has 1 fully saturated rings. The number of sulfonamides is 1. The lowest BCUT2D eigenvalue weighted by molar-refractivity contribution is -0.117. The first-order valence-electron chi connectivity index (χ1n) is 13.3. The molecule has 1 saturated heterocycles. The van der Waals surface area contributed by atoms with Crippen LogP contribution in [0.5, 0.6) is 0 Å². The van der Waals surface area contributed by atoms with Crippen LogP contribution in [0.1, 0.15) is 49.5 Å². The molecule has 0 saturated carbocycles. The number of nitrogens with zero attached hydrogens (tertiary/aromatic N) is 1. The van der Waals surface area contributed by atoms with E-state index in [1.807, 2.05) is 0 Å². The van der Waals surface area contributed by atoms with E-state index in [4.69, 9.17) is 4.74 Å². The fraction of sp³-hybridized carbons (Fsp3) is 0.367. The number of ether oxygens (including phenoxy) is 1. The fourth-order valence-electron chi connectivity index (χ4n) is 4.85. The summed E-state index contributed by atoms with van der Waals surface area (Å²) in [6.07, 6.45) is 3.90. The molecule has 2 N–H and O–H groups in total. The molecule has 1 aliphatic carbocycles. The summed E-state index contributed by atoms with van der Waals surface area (Å²) in [7, 11) is -4.75. The number of hydrogen-bond acceptors (Lipinski definition) is 7. The van der Waals surface area contributed by atoms with Gasteiger partial charge in [0.25, 0.3) is 15.9 Å². The minimum absolute atomic E-state index is 0.179. The Balaban J connectivity index is 1.80. The van der Waals surface area contributed by atoms with Gasteiger partial charge in [-0.05, 0) is 63.9 Å². The Bertz CT molecular complexity index is 1410. The van der Waals surface area contributed by atoms with E-state index in [9.17, 15) is 22.8 Å². The highest BCUT2D eigenvalue weighted by Crippen LogP contribution is 2.36. The molecule has 1 aliphatic heterocycles. The van der Waals surface area contributed by atoms with Gasteiger partial charge in [-0.15, -0.1) is 0 Å². The van der Waals surface area contributed by atoms with E-state index < -0.39 is 44.2 Å². The highest BCUT2D eigenvalue weighted by molar-refractivity contribution is 7.92. The second-order valence-electron chi connectivity index (χ2n) is 10.9. The highest BCUT2D eigenvalue weighted by Gasteiger charge is 2.57. The number of benzene rings is 2. The van der Waals surface area contributed by atoms with Crippen LogP contribution in [0, 0.1) is 0 Å². The minimum atomic E-state index is -4.75. The number of ketones is 1. The first-order valence-corrected chi connectivity index (χ1v) is 14.7. The zero-order valence-corrected chi connectivity index (χ0v) is 23.7. The van der Waals surface area contributed by atoms with Gasteiger partial charge in [0.05, 0.1) is 11.7 Å². The van der Waals surface area contributed by atoms with Crippen LogP contribution in [0.4, 0.5) is 4.79 Å². The molecule has 40 heavy (non-hydrogen) atoms. The molecule has 212 valence electrons. The van der Waals surface area contributed by atoms with Gasteiger partial charge in [0.2, 0.25) is 5.78 Å². The maximum Gasteiger partial charge on any atom is 0.424 e. The van der Waals surface area contributed by atoms with E-state index in [-0.39, 0.29) is 18.7 Å². The number of carbonyl (C=O) groups is 3. The van der Waals surface area contributed by atoms with Crippen LogP contribution < -0.4 is 10.6 Å². The molecule has 0 radical (unpaired) electrons. The van der Waals surface area contributed by atoms with Gasteiger partial charge in [0, 0.05) is 18.5 Å². The summed E-state index contributed by atoms with van der Waals surface area (Å²) in [5.41, 5.74) is -0.265. The van der Waals surface area contributed by atoms with Crippen LogP contribution in [-0.2, 0) is 26.0 Å². The van der Waals surface area contributed by atoms with Gasteiger partial charge < -0.3 is 15.4 Å². The molecule has 2 aliphatic rings. The van der Waals surface area contributed by atoms with E-state index in [1.165, 1.54) is 18.2 Å². The van der Waals surface area contributed by atoms with Crippen molar-refractivity contribution in [3.63, 3.8) is 0 Å². The minimum Gasteiger partial charge on any atom is -0.443 e. The number of rotatable bonds is 7. The molecule has 0 bridgehead atoms. The third-order valence-electron chi connectivity index (χ3n) is 6.75. The first-order chi connectivity index (χ1) is 18.9. The largest absolute Gasteiger partial charge is 0.443 e. The van der Waals surface area contributed by atoms with Crippen molar-refractivity contribution in [2.45, 2.75) is 56.4 Å². The molecular formula is C30H35N3O6S. The smallest absolute Gasteiger partial charge is 0.424 e.